The van der Waals surface area contributed by atoms with Crippen LogP contribution in [0.25, 0.3) is 0 Å². The van der Waals surface area contributed by atoms with Gasteiger partial charge in [-0.2, -0.15) is 13.2 Å². The van der Waals surface area contributed by atoms with Gasteiger partial charge in [0, 0.05) is 12.6 Å². The van der Waals surface area contributed by atoms with Gasteiger partial charge < -0.3 is 11.1 Å². The van der Waals surface area contributed by atoms with Crippen molar-refractivity contribution in [2.75, 3.05) is 26.7 Å². The summed E-state index contributed by atoms with van der Waals surface area (Å²) in [6.07, 6.45) is 1.66. The Kier molecular flexibility index (Phi) is 6.41. The third kappa shape index (κ3) is 7.92. The van der Waals surface area contributed by atoms with Gasteiger partial charge in [-0.25, -0.2) is 0 Å². The fraction of sp³-hybridized carbons (Fsp3) is 0.917. The topological polar surface area (TPSA) is 53.6 Å². The Balaban J connectivity index is 2.20. The molecule has 0 saturated heterocycles. The van der Waals surface area contributed by atoms with E-state index in [9.17, 15) is 13.2 Å². The van der Waals surface area contributed by atoms with Crippen LogP contribution >= 0.6 is 0 Å². The molecular weight excluding hydrogens is 257 g/mol. The third-order valence-corrected chi connectivity index (χ3v) is 3.17. The first-order valence-electron chi connectivity index (χ1n) is 6.68. The van der Waals surface area contributed by atoms with Crippen LogP contribution in [0.5, 0.6) is 0 Å². The minimum Gasteiger partial charge on any atom is -0.370 e. The zero-order valence-corrected chi connectivity index (χ0v) is 11.3. The zero-order valence-electron chi connectivity index (χ0n) is 11.3. The lowest BCUT2D eigenvalue weighted by Gasteiger charge is -2.23. The van der Waals surface area contributed by atoms with Gasteiger partial charge in [-0.3, -0.25) is 9.89 Å². The maximum absolute atomic E-state index is 12.1. The van der Waals surface area contributed by atoms with Crippen molar-refractivity contribution < 1.29 is 13.2 Å². The molecule has 0 atom stereocenters. The van der Waals surface area contributed by atoms with Crippen molar-refractivity contribution in [3.8, 4) is 0 Å². The highest BCUT2D eigenvalue weighted by molar-refractivity contribution is 5.78. The van der Waals surface area contributed by atoms with Crippen LogP contribution in [-0.2, 0) is 0 Å². The van der Waals surface area contributed by atoms with Crippen LogP contribution in [0, 0.1) is 0 Å². The van der Waals surface area contributed by atoms with Crippen LogP contribution < -0.4 is 11.1 Å². The van der Waals surface area contributed by atoms with Crippen LogP contribution in [0.2, 0.25) is 0 Å². The van der Waals surface area contributed by atoms with E-state index in [4.69, 9.17) is 5.73 Å². The van der Waals surface area contributed by atoms with E-state index < -0.39 is 12.7 Å². The molecule has 1 rings (SSSR count). The molecular formula is C12H23F3N4. The summed E-state index contributed by atoms with van der Waals surface area (Å²) in [5.41, 5.74) is 5.72. The normalized spacial score (nSPS) is 18.9. The summed E-state index contributed by atoms with van der Waals surface area (Å²) >= 11 is 0. The molecule has 19 heavy (non-hydrogen) atoms. The monoisotopic (exact) mass is 280 g/mol. The zero-order chi connectivity index (χ0) is 14.3. The highest BCUT2D eigenvalue weighted by atomic mass is 19.4. The minimum atomic E-state index is -4.16. The minimum absolute atomic E-state index is 0.243. The van der Waals surface area contributed by atoms with Crippen LogP contribution in [0.15, 0.2) is 4.99 Å². The van der Waals surface area contributed by atoms with Gasteiger partial charge in [-0.1, -0.05) is 19.3 Å². The predicted molar refractivity (Wildman–Crippen MR) is 70.1 cm³/mol. The Hall–Kier alpha value is -0.980. The molecule has 0 aliphatic heterocycles. The molecule has 0 unspecified atom stereocenters. The highest BCUT2D eigenvalue weighted by Crippen LogP contribution is 2.17. The van der Waals surface area contributed by atoms with Gasteiger partial charge in [0.25, 0.3) is 0 Å². The number of nitrogens with one attached hydrogen (secondary N) is 1. The first-order chi connectivity index (χ1) is 8.87. The maximum Gasteiger partial charge on any atom is 0.401 e. The van der Waals surface area contributed by atoms with Gasteiger partial charge >= 0.3 is 6.18 Å². The number of halogens is 3. The van der Waals surface area contributed by atoms with Crippen LogP contribution in [0.4, 0.5) is 13.2 Å². The van der Waals surface area contributed by atoms with Crippen LogP contribution in [-0.4, -0.2) is 49.8 Å². The highest BCUT2D eigenvalue weighted by Gasteiger charge is 2.28. The second-order valence-electron chi connectivity index (χ2n) is 5.10. The molecule has 0 bridgehead atoms. The van der Waals surface area contributed by atoms with Crippen molar-refractivity contribution in [1.82, 2.24) is 10.2 Å². The average Bonchev–Trinajstić information content (AvgIpc) is 2.27. The number of aliphatic imine (C=N–C) groups is 1. The number of hydrogen-bond acceptors (Lipinski definition) is 2. The quantitative estimate of drug-likeness (QED) is 0.595. The van der Waals surface area contributed by atoms with E-state index in [2.05, 4.69) is 10.3 Å². The second kappa shape index (κ2) is 7.57. The van der Waals surface area contributed by atoms with E-state index in [0.717, 1.165) is 12.8 Å². The van der Waals surface area contributed by atoms with Crippen molar-refractivity contribution in [3.63, 3.8) is 0 Å². The smallest absolute Gasteiger partial charge is 0.370 e. The largest absolute Gasteiger partial charge is 0.401 e. The molecule has 0 aromatic carbocycles. The number of rotatable bonds is 5. The number of likely N-dealkylation sites (N-methyl/N-ethyl adjacent to an activating group) is 1. The van der Waals surface area contributed by atoms with Gasteiger partial charge in [-0.05, 0) is 19.9 Å². The summed E-state index contributed by atoms with van der Waals surface area (Å²) in [6.45, 7) is -0.400. The number of hydrogen-bond donors (Lipinski definition) is 2. The Labute approximate surface area is 112 Å². The molecule has 1 aliphatic rings. The molecule has 1 fully saturated rings. The molecule has 0 radical (unpaired) electrons. The molecule has 0 aromatic rings. The molecule has 0 aromatic heterocycles. The maximum atomic E-state index is 12.1. The number of nitrogens with two attached hydrogens (primary N) is 1. The number of guanidine groups is 1. The molecule has 0 spiro atoms. The van der Waals surface area contributed by atoms with Crippen LogP contribution in [0.3, 0.4) is 0 Å². The van der Waals surface area contributed by atoms with E-state index in [-0.39, 0.29) is 13.1 Å². The summed E-state index contributed by atoms with van der Waals surface area (Å²) in [5.74, 6) is 0.340. The Morgan fingerprint density at radius 1 is 1.32 bits per heavy atom. The fourth-order valence-electron chi connectivity index (χ4n) is 2.23. The van der Waals surface area contributed by atoms with Gasteiger partial charge in [-0.15, -0.1) is 0 Å². The molecule has 4 nitrogen and oxygen atoms in total. The van der Waals surface area contributed by atoms with Crippen molar-refractivity contribution in [2.24, 2.45) is 10.7 Å². The lowest BCUT2D eigenvalue weighted by atomic mass is 9.96. The standard InChI is InChI=1S/C12H23F3N4/c1-19(9-12(13,14)15)8-7-17-11(16)18-10-5-3-2-4-6-10/h10H,2-9H2,1H3,(H3,16,17,18). The molecule has 1 saturated carbocycles. The average molecular weight is 280 g/mol. The van der Waals surface area contributed by atoms with Gasteiger partial charge in [0.1, 0.15) is 0 Å². The molecule has 3 N–H and O–H groups in total. The van der Waals surface area contributed by atoms with E-state index in [0.29, 0.717) is 12.0 Å². The SMILES string of the molecule is CN(CCN=C(N)NC1CCCCC1)CC(F)(F)F. The van der Waals surface area contributed by atoms with E-state index in [1.807, 2.05) is 0 Å². The van der Waals surface area contributed by atoms with E-state index in [1.54, 1.807) is 0 Å². The summed E-state index contributed by atoms with van der Waals surface area (Å²) < 4.78 is 36.3. The predicted octanol–water partition coefficient (Wildman–Crippen LogP) is 1.72. The second-order valence-corrected chi connectivity index (χ2v) is 5.10. The van der Waals surface area contributed by atoms with Gasteiger partial charge in [0.05, 0.1) is 13.1 Å². The van der Waals surface area contributed by atoms with Crippen molar-refractivity contribution in [3.05, 3.63) is 0 Å². The summed E-state index contributed by atoms with van der Waals surface area (Å²) in [6, 6.07) is 0.366. The Morgan fingerprint density at radius 3 is 2.53 bits per heavy atom. The molecule has 112 valence electrons. The number of alkyl halides is 3. The van der Waals surface area contributed by atoms with E-state index >= 15 is 0 Å². The van der Waals surface area contributed by atoms with Crippen molar-refractivity contribution in [2.45, 2.75) is 44.3 Å². The van der Waals surface area contributed by atoms with Crippen molar-refractivity contribution >= 4 is 5.96 Å². The number of nitrogens with zero attached hydrogens (tertiary/aromatic N) is 2. The molecule has 0 amide bonds. The van der Waals surface area contributed by atoms with Crippen molar-refractivity contribution in [1.29, 1.82) is 0 Å². The lowest BCUT2D eigenvalue weighted by Crippen LogP contribution is -2.41. The Morgan fingerprint density at radius 2 is 1.95 bits per heavy atom. The summed E-state index contributed by atoms with van der Waals surface area (Å²) in [4.78, 5) is 5.25. The summed E-state index contributed by atoms with van der Waals surface area (Å²) in [5, 5.41) is 3.13. The first kappa shape index (κ1) is 16.1. The Bertz CT molecular complexity index is 285. The van der Waals surface area contributed by atoms with E-state index in [1.165, 1.54) is 31.2 Å². The molecule has 7 heteroatoms. The third-order valence-electron chi connectivity index (χ3n) is 3.17. The van der Waals surface area contributed by atoms with Gasteiger partial charge in [0.15, 0.2) is 5.96 Å². The lowest BCUT2D eigenvalue weighted by molar-refractivity contribution is -0.142. The summed E-state index contributed by atoms with van der Waals surface area (Å²) in [7, 11) is 1.42. The van der Waals surface area contributed by atoms with Gasteiger partial charge in [0.2, 0.25) is 0 Å². The first-order valence-corrected chi connectivity index (χ1v) is 6.68. The van der Waals surface area contributed by atoms with Crippen LogP contribution in [0.1, 0.15) is 32.1 Å². The molecule has 1 aliphatic carbocycles. The fourth-order valence-corrected chi connectivity index (χ4v) is 2.23. The molecule has 0 heterocycles.